The Morgan fingerprint density at radius 1 is 1.29 bits per heavy atom. The molecular formula is C11H13NO2. The number of aromatic amines is 1. The van der Waals surface area contributed by atoms with Crippen molar-refractivity contribution in [1.82, 2.24) is 4.98 Å². The van der Waals surface area contributed by atoms with Crippen LogP contribution in [-0.4, -0.2) is 18.4 Å². The zero-order chi connectivity index (χ0) is 9.97. The lowest BCUT2D eigenvalue weighted by molar-refractivity contribution is -0.0382. The molecule has 1 aromatic heterocycles. The highest BCUT2D eigenvalue weighted by Gasteiger charge is 2.02. The maximum atomic E-state index is 5.50. The van der Waals surface area contributed by atoms with E-state index in [0.717, 1.165) is 11.3 Å². The molecule has 1 heterocycles. The molecule has 2 rings (SSSR count). The van der Waals surface area contributed by atoms with Crippen molar-refractivity contribution < 1.29 is 9.47 Å². The highest BCUT2D eigenvalue weighted by atomic mass is 16.7. The van der Waals surface area contributed by atoms with E-state index in [1.54, 1.807) is 7.11 Å². The van der Waals surface area contributed by atoms with Crippen LogP contribution in [0.15, 0.2) is 30.5 Å². The summed E-state index contributed by atoms with van der Waals surface area (Å²) in [4.78, 5) is 3.13. The molecule has 0 aliphatic heterocycles. The minimum atomic E-state index is -0.220. The number of methoxy groups -OCH3 is 1. The van der Waals surface area contributed by atoms with Crippen LogP contribution < -0.4 is 4.74 Å². The number of aromatic nitrogens is 1. The molecule has 74 valence electrons. The van der Waals surface area contributed by atoms with E-state index in [1.165, 1.54) is 5.39 Å². The molecule has 1 N–H and O–H groups in total. The summed E-state index contributed by atoms with van der Waals surface area (Å²) in [7, 11) is 1.62. The van der Waals surface area contributed by atoms with E-state index in [0.29, 0.717) is 0 Å². The molecule has 1 aromatic carbocycles. The van der Waals surface area contributed by atoms with Gasteiger partial charge >= 0.3 is 0 Å². The van der Waals surface area contributed by atoms with Gasteiger partial charge in [-0.25, -0.2) is 0 Å². The molecule has 0 spiro atoms. The third-order valence-electron chi connectivity index (χ3n) is 2.16. The van der Waals surface area contributed by atoms with Crippen LogP contribution in [0.3, 0.4) is 0 Å². The topological polar surface area (TPSA) is 34.2 Å². The van der Waals surface area contributed by atoms with Crippen molar-refractivity contribution in [3.8, 4) is 5.75 Å². The Bertz CT molecular complexity index is 422. The summed E-state index contributed by atoms with van der Waals surface area (Å²) >= 11 is 0. The average molecular weight is 191 g/mol. The zero-order valence-electron chi connectivity index (χ0n) is 8.28. The minimum Gasteiger partial charge on any atom is -0.465 e. The van der Waals surface area contributed by atoms with Crippen molar-refractivity contribution in [2.45, 2.75) is 13.2 Å². The van der Waals surface area contributed by atoms with Crippen LogP contribution in [0.4, 0.5) is 0 Å². The molecule has 0 aliphatic carbocycles. The van der Waals surface area contributed by atoms with Gasteiger partial charge in [-0.2, -0.15) is 0 Å². The summed E-state index contributed by atoms with van der Waals surface area (Å²) in [5.74, 6) is 0.814. The van der Waals surface area contributed by atoms with Crippen LogP contribution in [0.5, 0.6) is 5.75 Å². The highest BCUT2D eigenvalue weighted by Crippen LogP contribution is 2.20. The summed E-state index contributed by atoms with van der Waals surface area (Å²) in [6.45, 7) is 1.86. The molecule has 0 bridgehead atoms. The van der Waals surface area contributed by atoms with Crippen LogP contribution in [0.2, 0.25) is 0 Å². The van der Waals surface area contributed by atoms with Crippen molar-refractivity contribution in [3.05, 3.63) is 30.5 Å². The standard InChI is InChI=1S/C11H13NO2/c1-8(13-2)14-10-4-3-9-5-6-12-11(9)7-10/h3-8,12H,1-2H3. The second-order valence-electron chi connectivity index (χ2n) is 3.15. The van der Waals surface area contributed by atoms with Gasteiger partial charge < -0.3 is 14.5 Å². The van der Waals surface area contributed by atoms with Gasteiger partial charge in [0, 0.05) is 24.9 Å². The first kappa shape index (κ1) is 9.09. The van der Waals surface area contributed by atoms with E-state index in [9.17, 15) is 0 Å². The molecule has 0 saturated heterocycles. The first-order valence-electron chi connectivity index (χ1n) is 4.56. The van der Waals surface area contributed by atoms with E-state index >= 15 is 0 Å². The molecular weight excluding hydrogens is 178 g/mol. The van der Waals surface area contributed by atoms with Crippen molar-refractivity contribution in [3.63, 3.8) is 0 Å². The molecule has 2 aromatic rings. The van der Waals surface area contributed by atoms with Crippen molar-refractivity contribution in [2.75, 3.05) is 7.11 Å². The molecule has 0 saturated carbocycles. The lowest BCUT2D eigenvalue weighted by atomic mass is 10.2. The Morgan fingerprint density at radius 2 is 2.14 bits per heavy atom. The van der Waals surface area contributed by atoms with Crippen molar-refractivity contribution >= 4 is 10.9 Å². The predicted octanol–water partition coefficient (Wildman–Crippen LogP) is 2.54. The van der Waals surface area contributed by atoms with Crippen LogP contribution >= 0.6 is 0 Å². The molecule has 0 aliphatic rings. The first-order valence-corrected chi connectivity index (χ1v) is 4.56. The third-order valence-corrected chi connectivity index (χ3v) is 2.16. The van der Waals surface area contributed by atoms with Gasteiger partial charge in [0.2, 0.25) is 0 Å². The zero-order valence-corrected chi connectivity index (χ0v) is 8.28. The van der Waals surface area contributed by atoms with E-state index in [4.69, 9.17) is 9.47 Å². The lowest BCUT2D eigenvalue weighted by Gasteiger charge is -2.12. The Morgan fingerprint density at radius 3 is 2.93 bits per heavy atom. The SMILES string of the molecule is COC(C)Oc1ccc2cc[nH]c2c1. The molecule has 1 atom stereocenters. The second-order valence-corrected chi connectivity index (χ2v) is 3.15. The lowest BCUT2D eigenvalue weighted by Crippen LogP contribution is -2.13. The van der Waals surface area contributed by atoms with Gasteiger partial charge in [0.15, 0.2) is 6.29 Å². The second kappa shape index (κ2) is 3.72. The number of hydrogen-bond donors (Lipinski definition) is 1. The van der Waals surface area contributed by atoms with Crippen molar-refractivity contribution in [2.24, 2.45) is 0 Å². The molecule has 0 amide bonds. The van der Waals surface area contributed by atoms with Gasteiger partial charge in [-0.05, 0) is 30.5 Å². The maximum Gasteiger partial charge on any atom is 0.196 e. The fraction of sp³-hybridized carbons (Fsp3) is 0.273. The maximum absolute atomic E-state index is 5.50. The third kappa shape index (κ3) is 1.72. The number of fused-ring (bicyclic) bond motifs is 1. The quantitative estimate of drug-likeness (QED) is 0.756. The largest absolute Gasteiger partial charge is 0.465 e. The molecule has 0 radical (unpaired) electrons. The fourth-order valence-electron chi connectivity index (χ4n) is 1.34. The smallest absolute Gasteiger partial charge is 0.196 e. The number of rotatable bonds is 3. The van der Waals surface area contributed by atoms with E-state index in [-0.39, 0.29) is 6.29 Å². The van der Waals surface area contributed by atoms with Crippen LogP contribution in [0.1, 0.15) is 6.92 Å². The Labute approximate surface area is 82.6 Å². The number of nitrogens with one attached hydrogen (secondary N) is 1. The van der Waals surface area contributed by atoms with E-state index in [1.807, 2.05) is 37.4 Å². The van der Waals surface area contributed by atoms with Gasteiger partial charge in [0.1, 0.15) is 5.75 Å². The number of hydrogen-bond acceptors (Lipinski definition) is 2. The summed E-state index contributed by atoms with van der Waals surface area (Å²) in [6.07, 6.45) is 1.69. The molecule has 0 fully saturated rings. The summed E-state index contributed by atoms with van der Waals surface area (Å²) in [6, 6.07) is 7.94. The Hall–Kier alpha value is -1.48. The highest BCUT2D eigenvalue weighted by molar-refractivity contribution is 5.80. The Balaban J connectivity index is 2.25. The summed E-state index contributed by atoms with van der Waals surface area (Å²) < 4.78 is 10.5. The molecule has 3 nitrogen and oxygen atoms in total. The number of ether oxygens (including phenoxy) is 2. The number of benzene rings is 1. The predicted molar refractivity (Wildman–Crippen MR) is 55.4 cm³/mol. The van der Waals surface area contributed by atoms with Gasteiger partial charge in [-0.3, -0.25) is 0 Å². The molecule has 3 heteroatoms. The van der Waals surface area contributed by atoms with E-state index in [2.05, 4.69) is 4.98 Å². The van der Waals surface area contributed by atoms with Gasteiger partial charge in [-0.1, -0.05) is 0 Å². The monoisotopic (exact) mass is 191 g/mol. The van der Waals surface area contributed by atoms with Gasteiger partial charge in [-0.15, -0.1) is 0 Å². The average Bonchev–Trinajstić information content (AvgIpc) is 2.64. The Kier molecular flexibility index (Phi) is 2.41. The minimum absolute atomic E-state index is 0.220. The van der Waals surface area contributed by atoms with E-state index < -0.39 is 0 Å². The molecule has 14 heavy (non-hydrogen) atoms. The van der Waals surface area contributed by atoms with Crippen LogP contribution in [-0.2, 0) is 4.74 Å². The first-order chi connectivity index (χ1) is 6.79. The molecule has 1 unspecified atom stereocenters. The summed E-state index contributed by atoms with van der Waals surface area (Å²) in [5, 5.41) is 1.18. The number of H-pyrrole nitrogens is 1. The van der Waals surface area contributed by atoms with Gasteiger partial charge in [0.25, 0.3) is 0 Å². The van der Waals surface area contributed by atoms with Gasteiger partial charge in [0.05, 0.1) is 0 Å². The van der Waals surface area contributed by atoms with Crippen LogP contribution in [0.25, 0.3) is 10.9 Å². The normalized spacial score (nSPS) is 13.0. The fourth-order valence-corrected chi connectivity index (χ4v) is 1.34. The summed E-state index contributed by atoms with van der Waals surface area (Å²) in [5.41, 5.74) is 1.07. The van der Waals surface area contributed by atoms with Crippen molar-refractivity contribution in [1.29, 1.82) is 0 Å². The van der Waals surface area contributed by atoms with Crippen LogP contribution in [0, 0.1) is 0 Å².